The van der Waals surface area contributed by atoms with Crippen molar-refractivity contribution < 1.29 is 13.9 Å². The van der Waals surface area contributed by atoms with Crippen LogP contribution in [0.15, 0.2) is 72.8 Å². The number of aryl methyl sites for hydroxylation is 1. The summed E-state index contributed by atoms with van der Waals surface area (Å²) in [6, 6.07) is 23.3. The van der Waals surface area contributed by atoms with Crippen LogP contribution in [0.2, 0.25) is 5.54 Å². The van der Waals surface area contributed by atoms with Crippen LogP contribution in [0, 0.1) is 6.92 Å². The van der Waals surface area contributed by atoms with Crippen LogP contribution in [0.25, 0.3) is 0 Å². The zero-order chi connectivity index (χ0) is 18.4. The average Bonchev–Trinajstić information content (AvgIpc) is 2.61. The Morgan fingerprint density at radius 2 is 1.12 bits per heavy atom. The van der Waals surface area contributed by atoms with Crippen molar-refractivity contribution in [1.29, 1.82) is 0 Å². The van der Waals surface area contributed by atoms with E-state index in [4.69, 9.17) is 13.9 Å². The molecule has 0 N–H and O–H groups in total. The first kappa shape index (κ1) is 18.1. The highest BCUT2D eigenvalue weighted by Crippen LogP contribution is 2.30. The fourth-order valence-electron chi connectivity index (χ4n) is 2.34. The molecule has 0 aliphatic carbocycles. The third-order valence-corrected chi connectivity index (χ3v) is 4.31. The molecule has 3 rings (SSSR count). The predicted molar refractivity (Wildman–Crippen MR) is 106 cm³/mol. The van der Waals surface area contributed by atoms with Gasteiger partial charge in [0.1, 0.15) is 28.7 Å². The van der Waals surface area contributed by atoms with Gasteiger partial charge in [0.15, 0.2) is 0 Å². The van der Waals surface area contributed by atoms with Crippen molar-refractivity contribution in [2.75, 3.05) is 0 Å². The lowest BCUT2D eigenvalue weighted by Crippen LogP contribution is -2.05. The second kappa shape index (κ2) is 8.58. The van der Waals surface area contributed by atoms with Gasteiger partial charge >= 0.3 is 9.76 Å². The van der Waals surface area contributed by atoms with Crippen LogP contribution in [0.1, 0.15) is 19.4 Å². The second-order valence-corrected chi connectivity index (χ2v) is 7.94. The van der Waals surface area contributed by atoms with Gasteiger partial charge in [-0.2, -0.15) is 0 Å². The average molecular weight is 363 g/mol. The van der Waals surface area contributed by atoms with Crippen LogP contribution in [-0.2, 0) is 0 Å². The van der Waals surface area contributed by atoms with Crippen molar-refractivity contribution in [3.63, 3.8) is 0 Å². The fraction of sp³-hybridized carbons (Fsp3) is 0.182. The number of hydrogen-bond donors (Lipinski definition) is 0. The Balaban J connectivity index is 1.69. The zero-order valence-corrected chi connectivity index (χ0v) is 16.2. The molecule has 2 radical (unpaired) electrons. The minimum absolute atomic E-state index is 0.436. The summed E-state index contributed by atoms with van der Waals surface area (Å²) in [7, 11) is 0.436. The van der Waals surface area contributed by atoms with Crippen LogP contribution >= 0.6 is 0 Å². The molecule has 0 unspecified atom stereocenters. The standard InChI is InChI=1S/C22H22O3Si/c1-16(2)26-25-22-12-6-11-21(15-22)24-20-10-5-9-19(14-20)23-18-8-4-7-17(3)13-18/h4-16H,1-3H3. The number of ether oxygens (including phenoxy) is 2. The van der Waals surface area contributed by atoms with Gasteiger partial charge < -0.3 is 13.9 Å². The summed E-state index contributed by atoms with van der Waals surface area (Å²) >= 11 is 0. The molecular formula is C22H22O3Si. The van der Waals surface area contributed by atoms with Crippen LogP contribution in [0.4, 0.5) is 0 Å². The molecule has 0 bridgehead atoms. The van der Waals surface area contributed by atoms with Crippen LogP contribution in [0.3, 0.4) is 0 Å². The van der Waals surface area contributed by atoms with E-state index in [9.17, 15) is 0 Å². The van der Waals surface area contributed by atoms with Gasteiger partial charge in [-0.3, -0.25) is 0 Å². The molecule has 4 heteroatoms. The Hall–Kier alpha value is -2.72. The van der Waals surface area contributed by atoms with E-state index in [2.05, 4.69) is 13.8 Å². The molecule has 0 heterocycles. The largest absolute Gasteiger partial charge is 0.540 e. The van der Waals surface area contributed by atoms with Gasteiger partial charge in [-0.1, -0.05) is 38.1 Å². The summed E-state index contributed by atoms with van der Waals surface area (Å²) in [5.74, 6) is 3.83. The van der Waals surface area contributed by atoms with E-state index in [0.29, 0.717) is 15.3 Å². The Bertz CT molecular complexity index is 861. The molecular weight excluding hydrogens is 340 g/mol. The van der Waals surface area contributed by atoms with Crippen molar-refractivity contribution in [2.45, 2.75) is 26.3 Å². The molecule has 0 saturated heterocycles. The molecule has 0 atom stereocenters. The van der Waals surface area contributed by atoms with Gasteiger partial charge in [0.05, 0.1) is 0 Å². The summed E-state index contributed by atoms with van der Waals surface area (Å²) in [6.07, 6.45) is 0. The second-order valence-electron chi connectivity index (χ2n) is 6.34. The predicted octanol–water partition coefficient (Wildman–Crippen LogP) is 6.41. The maximum Gasteiger partial charge on any atom is 0.313 e. The molecule has 3 nitrogen and oxygen atoms in total. The normalized spacial score (nSPS) is 10.6. The first-order valence-electron chi connectivity index (χ1n) is 8.63. The first-order valence-corrected chi connectivity index (χ1v) is 9.62. The number of hydrogen-bond acceptors (Lipinski definition) is 3. The molecule has 26 heavy (non-hydrogen) atoms. The van der Waals surface area contributed by atoms with Crippen LogP contribution < -0.4 is 13.9 Å². The van der Waals surface area contributed by atoms with Gasteiger partial charge in [0, 0.05) is 12.1 Å². The summed E-state index contributed by atoms with van der Waals surface area (Å²) < 4.78 is 17.7. The van der Waals surface area contributed by atoms with Crippen molar-refractivity contribution in [3.8, 4) is 28.7 Å². The lowest BCUT2D eigenvalue weighted by Gasteiger charge is -2.11. The molecule has 0 aromatic heterocycles. The van der Waals surface area contributed by atoms with Crippen LogP contribution in [0.5, 0.6) is 28.7 Å². The fourth-order valence-corrected chi connectivity index (χ4v) is 2.84. The van der Waals surface area contributed by atoms with E-state index >= 15 is 0 Å². The topological polar surface area (TPSA) is 27.7 Å². The third kappa shape index (κ3) is 5.39. The van der Waals surface area contributed by atoms with E-state index in [1.165, 1.54) is 0 Å². The lowest BCUT2D eigenvalue weighted by molar-refractivity contribution is 0.458. The minimum atomic E-state index is 0.436. The van der Waals surface area contributed by atoms with E-state index in [0.717, 1.165) is 34.3 Å². The summed E-state index contributed by atoms with van der Waals surface area (Å²) in [5, 5.41) is 0. The van der Waals surface area contributed by atoms with Crippen molar-refractivity contribution in [1.82, 2.24) is 0 Å². The van der Waals surface area contributed by atoms with Gasteiger partial charge in [-0.15, -0.1) is 0 Å². The highest BCUT2D eigenvalue weighted by atomic mass is 28.2. The van der Waals surface area contributed by atoms with Gasteiger partial charge in [0.2, 0.25) is 0 Å². The van der Waals surface area contributed by atoms with Crippen LogP contribution in [-0.4, -0.2) is 9.76 Å². The van der Waals surface area contributed by atoms with Gasteiger partial charge in [0.25, 0.3) is 0 Å². The Morgan fingerprint density at radius 1 is 0.654 bits per heavy atom. The van der Waals surface area contributed by atoms with E-state index in [1.54, 1.807) is 0 Å². The van der Waals surface area contributed by atoms with Crippen molar-refractivity contribution >= 4 is 9.76 Å². The summed E-state index contributed by atoms with van der Waals surface area (Å²) in [5.41, 5.74) is 1.67. The van der Waals surface area contributed by atoms with E-state index < -0.39 is 0 Å². The molecule has 3 aromatic carbocycles. The molecule has 0 amide bonds. The van der Waals surface area contributed by atoms with E-state index in [1.807, 2.05) is 79.7 Å². The summed E-state index contributed by atoms with van der Waals surface area (Å²) in [6.45, 7) is 6.32. The molecule has 0 saturated carbocycles. The first-order chi connectivity index (χ1) is 12.6. The van der Waals surface area contributed by atoms with Crippen molar-refractivity contribution in [2.24, 2.45) is 0 Å². The highest BCUT2D eigenvalue weighted by molar-refractivity contribution is 6.30. The maximum atomic E-state index is 5.97. The molecule has 132 valence electrons. The molecule has 3 aromatic rings. The number of rotatable bonds is 7. The quantitative estimate of drug-likeness (QED) is 0.455. The smallest absolute Gasteiger partial charge is 0.313 e. The van der Waals surface area contributed by atoms with Crippen molar-refractivity contribution in [3.05, 3.63) is 78.4 Å². The molecule has 0 fully saturated rings. The Labute approximate surface area is 157 Å². The van der Waals surface area contributed by atoms with Gasteiger partial charge in [-0.25, -0.2) is 0 Å². The zero-order valence-electron chi connectivity index (χ0n) is 15.2. The molecule has 0 aliphatic heterocycles. The number of benzene rings is 3. The van der Waals surface area contributed by atoms with E-state index in [-0.39, 0.29) is 0 Å². The maximum absolute atomic E-state index is 5.97. The third-order valence-electron chi connectivity index (χ3n) is 3.48. The molecule has 0 aliphatic rings. The Morgan fingerprint density at radius 3 is 1.65 bits per heavy atom. The lowest BCUT2D eigenvalue weighted by atomic mass is 10.2. The monoisotopic (exact) mass is 362 g/mol. The minimum Gasteiger partial charge on any atom is -0.540 e. The molecule has 0 spiro atoms. The highest BCUT2D eigenvalue weighted by Gasteiger charge is 2.05. The Kier molecular flexibility index (Phi) is 5.97. The summed E-state index contributed by atoms with van der Waals surface area (Å²) in [4.78, 5) is 0. The van der Waals surface area contributed by atoms with Gasteiger partial charge in [-0.05, 0) is 54.4 Å². The SMILES string of the molecule is Cc1cccc(Oc2cccc(Oc3cccc(O[Si]C(C)C)c3)c2)c1.